The van der Waals surface area contributed by atoms with Crippen molar-refractivity contribution in [2.24, 2.45) is 5.73 Å². The molecular weight excluding hydrogens is 310 g/mol. The Labute approximate surface area is 134 Å². The maximum absolute atomic E-state index is 13.5. The van der Waals surface area contributed by atoms with Crippen molar-refractivity contribution in [1.82, 2.24) is 0 Å². The Morgan fingerprint density at radius 2 is 1.95 bits per heavy atom. The van der Waals surface area contributed by atoms with Crippen molar-refractivity contribution in [2.75, 3.05) is 18.0 Å². The van der Waals surface area contributed by atoms with Gasteiger partial charge in [0, 0.05) is 28.8 Å². The van der Waals surface area contributed by atoms with Crippen molar-refractivity contribution >= 4 is 28.9 Å². The summed E-state index contributed by atoms with van der Waals surface area (Å²) in [6.07, 6.45) is 0. The Balaban J connectivity index is 2.42. The van der Waals surface area contributed by atoms with E-state index >= 15 is 0 Å². The van der Waals surface area contributed by atoms with Gasteiger partial charge < -0.3 is 10.6 Å². The zero-order valence-electron chi connectivity index (χ0n) is 11.7. The number of hydrogen-bond donors (Lipinski definition) is 1. The van der Waals surface area contributed by atoms with Crippen LogP contribution in [0.2, 0.25) is 10.0 Å². The van der Waals surface area contributed by atoms with Crippen LogP contribution in [0.25, 0.3) is 0 Å². The van der Waals surface area contributed by atoms with Crippen LogP contribution in [0.1, 0.15) is 18.5 Å². The van der Waals surface area contributed by atoms with E-state index in [0.717, 1.165) is 11.3 Å². The fourth-order valence-electron chi connectivity index (χ4n) is 2.43. The van der Waals surface area contributed by atoms with Crippen LogP contribution in [0.5, 0.6) is 0 Å². The Hall–Kier alpha value is -1.29. The fourth-order valence-corrected chi connectivity index (χ4v) is 2.97. The summed E-state index contributed by atoms with van der Waals surface area (Å²) >= 11 is 12.2. The molecule has 0 saturated heterocycles. The second kappa shape index (κ2) is 7.12. The molecule has 0 saturated carbocycles. The van der Waals surface area contributed by atoms with Crippen LogP contribution in [-0.2, 0) is 0 Å². The summed E-state index contributed by atoms with van der Waals surface area (Å²) < 4.78 is 13.5. The Kier molecular flexibility index (Phi) is 5.45. The molecule has 1 unspecified atom stereocenters. The van der Waals surface area contributed by atoms with Crippen LogP contribution in [0.15, 0.2) is 42.5 Å². The highest BCUT2D eigenvalue weighted by atomic mass is 35.5. The van der Waals surface area contributed by atoms with Gasteiger partial charge in [0.15, 0.2) is 0 Å². The van der Waals surface area contributed by atoms with Gasteiger partial charge in [-0.1, -0.05) is 35.3 Å². The van der Waals surface area contributed by atoms with Gasteiger partial charge in [-0.3, -0.25) is 0 Å². The summed E-state index contributed by atoms with van der Waals surface area (Å²) in [5.41, 5.74) is 7.60. The Bertz CT molecular complexity index is 619. The van der Waals surface area contributed by atoms with Gasteiger partial charge in [0.25, 0.3) is 0 Å². The normalized spacial score (nSPS) is 12.2. The summed E-state index contributed by atoms with van der Waals surface area (Å²) in [6, 6.07) is 11.7. The SMILES string of the molecule is CCN(c1cccc(F)c1)C(CN)c1ccc(Cl)cc1Cl. The lowest BCUT2D eigenvalue weighted by Crippen LogP contribution is -2.34. The summed E-state index contributed by atoms with van der Waals surface area (Å²) in [4.78, 5) is 2.03. The van der Waals surface area contributed by atoms with Crippen molar-refractivity contribution in [1.29, 1.82) is 0 Å². The van der Waals surface area contributed by atoms with Crippen LogP contribution < -0.4 is 10.6 Å². The molecule has 0 heterocycles. The highest BCUT2D eigenvalue weighted by Gasteiger charge is 2.21. The van der Waals surface area contributed by atoms with Crippen LogP contribution in [-0.4, -0.2) is 13.1 Å². The second-order valence-corrected chi connectivity index (χ2v) is 5.53. The number of halogens is 3. The lowest BCUT2D eigenvalue weighted by Gasteiger charge is -2.33. The van der Waals surface area contributed by atoms with Gasteiger partial charge in [-0.2, -0.15) is 0 Å². The predicted octanol–water partition coefficient (Wildman–Crippen LogP) is 4.66. The zero-order chi connectivity index (χ0) is 15.4. The fraction of sp³-hybridized carbons (Fsp3) is 0.250. The molecule has 0 amide bonds. The van der Waals surface area contributed by atoms with E-state index in [1.807, 2.05) is 24.0 Å². The van der Waals surface area contributed by atoms with Crippen LogP contribution in [0, 0.1) is 5.82 Å². The molecule has 0 spiro atoms. The first-order valence-corrected chi connectivity index (χ1v) is 7.49. The average Bonchev–Trinajstić information content (AvgIpc) is 2.45. The molecule has 2 rings (SSSR count). The Morgan fingerprint density at radius 3 is 2.52 bits per heavy atom. The van der Waals surface area contributed by atoms with Crippen LogP contribution in [0.4, 0.5) is 10.1 Å². The summed E-state index contributed by atoms with van der Waals surface area (Å²) in [7, 11) is 0. The summed E-state index contributed by atoms with van der Waals surface area (Å²) in [5.74, 6) is -0.274. The van der Waals surface area contributed by atoms with E-state index in [0.29, 0.717) is 23.1 Å². The number of nitrogens with two attached hydrogens (primary N) is 1. The van der Waals surface area contributed by atoms with Crippen molar-refractivity contribution in [3.05, 3.63) is 63.9 Å². The quantitative estimate of drug-likeness (QED) is 0.865. The van der Waals surface area contributed by atoms with Crippen molar-refractivity contribution < 1.29 is 4.39 Å². The van der Waals surface area contributed by atoms with Gasteiger partial charge in [0.2, 0.25) is 0 Å². The first-order valence-electron chi connectivity index (χ1n) is 6.74. The van der Waals surface area contributed by atoms with E-state index in [1.54, 1.807) is 18.2 Å². The number of likely N-dealkylation sites (N-methyl/N-ethyl adjacent to an activating group) is 1. The molecule has 2 N–H and O–H groups in total. The van der Waals surface area contributed by atoms with Crippen molar-refractivity contribution in [2.45, 2.75) is 13.0 Å². The molecule has 0 aliphatic carbocycles. The molecule has 21 heavy (non-hydrogen) atoms. The minimum Gasteiger partial charge on any atom is -0.363 e. The molecule has 0 aromatic heterocycles. The van der Waals surface area contributed by atoms with E-state index in [4.69, 9.17) is 28.9 Å². The molecule has 0 bridgehead atoms. The molecule has 0 radical (unpaired) electrons. The van der Waals surface area contributed by atoms with Gasteiger partial charge >= 0.3 is 0 Å². The van der Waals surface area contributed by atoms with Gasteiger partial charge in [-0.25, -0.2) is 4.39 Å². The molecule has 0 fully saturated rings. The van der Waals surface area contributed by atoms with E-state index in [2.05, 4.69) is 0 Å². The third-order valence-electron chi connectivity index (χ3n) is 3.40. The molecular formula is C16H17Cl2FN2. The Morgan fingerprint density at radius 1 is 1.19 bits per heavy atom. The molecule has 2 aromatic carbocycles. The number of nitrogens with zero attached hydrogens (tertiary/aromatic N) is 1. The largest absolute Gasteiger partial charge is 0.363 e. The lowest BCUT2D eigenvalue weighted by molar-refractivity contribution is 0.616. The average molecular weight is 327 g/mol. The van der Waals surface area contributed by atoms with Crippen LogP contribution in [0.3, 0.4) is 0 Å². The van der Waals surface area contributed by atoms with Gasteiger partial charge in [0.05, 0.1) is 6.04 Å². The molecule has 112 valence electrons. The van der Waals surface area contributed by atoms with Crippen molar-refractivity contribution in [3.8, 4) is 0 Å². The summed E-state index contributed by atoms with van der Waals surface area (Å²) in [5, 5.41) is 1.14. The summed E-state index contributed by atoms with van der Waals surface area (Å²) in [6.45, 7) is 3.05. The predicted molar refractivity (Wildman–Crippen MR) is 87.7 cm³/mol. The van der Waals surface area contributed by atoms with E-state index in [1.165, 1.54) is 12.1 Å². The molecule has 5 heteroatoms. The van der Waals surface area contributed by atoms with Gasteiger partial charge in [-0.15, -0.1) is 0 Å². The number of rotatable bonds is 5. The molecule has 2 aromatic rings. The smallest absolute Gasteiger partial charge is 0.125 e. The van der Waals surface area contributed by atoms with Crippen LogP contribution >= 0.6 is 23.2 Å². The van der Waals surface area contributed by atoms with E-state index < -0.39 is 0 Å². The number of hydrogen-bond acceptors (Lipinski definition) is 2. The number of anilines is 1. The molecule has 0 aliphatic heterocycles. The third-order valence-corrected chi connectivity index (χ3v) is 3.96. The lowest BCUT2D eigenvalue weighted by atomic mass is 10.0. The standard InChI is InChI=1S/C16H17Cl2FN2/c1-2-21(13-5-3-4-12(19)9-13)16(10-20)14-7-6-11(17)8-15(14)18/h3-9,16H,2,10,20H2,1H3. The topological polar surface area (TPSA) is 29.3 Å². The zero-order valence-corrected chi connectivity index (χ0v) is 13.2. The van der Waals surface area contributed by atoms with E-state index in [-0.39, 0.29) is 11.9 Å². The van der Waals surface area contributed by atoms with E-state index in [9.17, 15) is 4.39 Å². The highest BCUT2D eigenvalue weighted by Crippen LogP contribution is 2.32. The monoisotopic (exact) mass is 326 g/mol. The molecule has 2 nitrogen and oxygen atoms in total. The molecule has 1 atom stereocenters. The molecule has 0 aliphatic rings. The maximum Gasteiger partial charge on any atom is 0.125 e. The third kappa shape index (κ3) is 3.67. The second-order valence-electron chi connectivity index (χ2n) is 4.68. The minimum absolute atomic E-state index is 0.137. The highest BCUT2D eigenvalue weighted by molar-refractivity contribution is 6.35. The van der Waals surface area contributed by atoms with Gasteiger partial charge in [-0.05, 0) is 42.8 Å². The maximum atomic E-state index is 13.5. The van der Waals surface area contributed by atoms with Gasteiger partial charge in [0.1, 0.15) is 5.82 Å². The first-order chi connectivity index (χ1) is 10.1. The van der Waals surface area contributed by atoms with Crippen molar-refractivity contribution in [3.63, 3.8) is 0 Å². The first kappa shape index (κ1) is 16.1. The minimum atomic E-state index is -0.274. The number of benzene rings is 2.